The smallest absolute Gasteiger partial charge is 0.203 e. The molecule has 0 saturated carbocycles. The van der Waals surface area contributed by atoms with Gasteiger partial charge < -0.3 is 4.42 Å². The molecule has 0 aliphatic heterocycles. The fourth-order valence-corrected chi connectivity index (χ4v) is 2.79. The molecule has 0 fully saturated rings. The maximum absolute atomic E-state index is 14.1. The van der Waals surface area contributed by atoms with Crippen LogP contribution < -0.4 is 5.43 Å². The molecule has 0 atom stereocenters. The van der Waals surface area contributed by atoms with Crippen molar-refractivity contribution in [3.05, 3.63) is 70.3 Å². The highest BCUT2D eigenvalue weighted by molar-refractivity contribution is 7.99. The van der Waals surface area contributed by atoms with Gasteiger partial charge in [-0.05, 0) is 24.3 Å². The van der Waals surface area contributed by atoms with Crippen LogP contribution in [-0.2, 0) is 0 Å². The van der Waals surface area contributed by atoms with Gasteiger partial charge in [-0.2, -0.15) is 0 Å². The van der Waals surface area contributed by atoms with E-state index in [9.17, 15) is 14.0 Å². The second-order valence-corrected chi connectivity index (χ2v) is 5.45. The highest BCUT2D eigenvalue weighted by atomic mass is 32.2. The van der Waals surface area contributed by atoms with Crippen molar-refractivity contribution in [1.82, 2.24) is 0 Å². The average Bonchev–Trinajstić information content (AvgIpc) is 2.50. The summed E-state index contributed by atoms with van der Waals surface area (Å²) in [4.78, 5) is 23.9. The highest BCUT2D eigenvalue weighted by Crippen LogP contribution is 2.31. The third-order valence-electron chi connectivity index (χ3n) is 2.95. The number of carbonyl (C=O) groups is 1. The van der Waals surface area contributed by atoms with Crippen molar-refractivity contribution in [2.75, 3.05) is 0 Å². The zero-order valence-electron chi connectivity index (χ0n) is 10.7. The van der Waals surface area contributed by atoms with E-state index in [1.165, 1.54) is 17.8 Å². The van der Waals surface area contributed by atoms with Gasteiger partial charge in [-0.15, -0.1) is 0 Å². The third-order valence-corrected chi connectivity index (χ3v) is 3.99. The van der Waals surface area contributed by atoms with Crippen molar-refractivity contribution in [3.8, 4) is 0 Å². The Balaban J connectivity index is 2.12. The molecule has 3 nitrogen and oxygen atoms in total. The second kappa shape index (κ2) is 5.54. The average molecular weight is 300 g/mol. The van der Waals surface area contributed by atoms with Crippen molar-refractivity contribution in [3.63, 3.8) is 0 Å². The minimum Gasteiger partial charge on any atom is -0.463 e. The summed E-state index contributed by atoms with van der Waals surface area (Å²) >= 11 is 1.24. The van der Waals surface area contributed by atoms with Crippen LogP contribution in [0.25, 0.3) is 11.0 Å². The molecular formula is C16H9FO3S. The topological polar surface area (TPSA) is 47.3 Å². The third kappa shape index (κ3) is 2.60. The minimum absolute atomic E-state index is 0.0644. The lowest BCUT2D eigenvalue weighted by Crippen LogP contribution is -2.08. The van der Waals surface area contributed by atoms with Crippen LogP contribution in [-0.4, -0.2) is 6.29 Å². The number of fused-ring (bicyclic) bond motifs is 1. The Bertz CT molecular complexity index is 872. The molecule has 21 heavy (non-hydrogen) atoms. The second-order valence-electron chi connectivity index (χ2n) is 4.33. The van der Waals surface area contributed by atoms with Crippen molar-refractivity contribution in [2.45, 2.75) is 9.79 Å². The van der Waals surface area contributed by atoms with E-state index in [-0.39, 0.29) is 16.5 Å². The number of aldehydes is 1. The van der Waals surface area contributed by atoms with Gasteiger partial charge in [0, 0.05) is 4.90 Å². The number of halogens is 1. The van der Waals surface area contributed by atoms with Crippen LogP contribution in [0.1, 0.15) is 10.4 Å². The molecule has 0 bridgehead atoms. The SMILES string of the molecule is O=Cc1coc2cc(Sc3ccccc3)c(F)cc2c1=O. The number of hydrogen-bond acceptors (Lipinski definition) is 4. The molecule has 0 aliphatic carbocycles. The molecule has 2 aromatic carbocycles. The number of rotatable bonds is 3. The van der Waals surface area contributed by atoms with Gasteiger partial charge in [0.2, 0.25) is 5.43 Å². The summed E-state index contributed by atoms with van der Waals surface area (Å²) in [5.74, 6) is -0.522. The molecule has 0 amide bonds. The van der Waals surface area contributed by atoms with Gasteiger partial charge in [0.15, 0.2) is 6.29 Å². The summed E-state index contributed by atoms with van der Waals surface area (Å²) in [6, 6.07) is 11.9. The fourth-order valence-electron chi connectivity index (χ4n) is 1.92. The van der Waals surface area contributed by atoms with E-state index in [2.05, 4.69) is 0 Å². The molecule has 5 heteroatoms. The van der Waals surface area contributed by atoms with Crippen LogP contribution in [0.5, 0.6) is 0 Å². The lowest BCUT2D eigenvalue weighted by Gasteiger charge is -2.05. The van der Waals surface area contributed by atoms with Gasteiger partial charge in [0.05, 0.1) is 15.8 Å². The first-order chi connectivity index (χ1) is 10.2. The maximum Gasteiger partial charge on any atom is 0.203 e. The Morgan fingerprint density at radius 3 is 2.62 bits per heavy atom. The lowest BCUT2D eigenvalue weighted by molar-refractivity contribution is 0.112. The summed E-state index contributed by atoms with van der Waals surface area (Å²) in [7, 11) is 0. The van der Waals surface area contributed by atoms with Gasteiger partial charge in [0.1, 0.15) is 17.7 Å². The van der Waals surface area contributed by atoms with E-state index in [1.54, 1.807) is 0 Å². The molecule has 3 aromatic rings. The zero-order valence-corrected chi connectivity index (χ0v) is 11.5. The van der Waals surface area contributed by atoms with Crippen molar-refractivity contribution in [2.24, 2.45) is 0 Å². The van der Waals surface area contributed by atoms with Crippen LogP contribution in [0.3, 0.4) is 0 Å². The number of hydrogen-bond donors (Lipinski definition) is 0. The van der Waals surface area contributed by atoms with E-state index < -0.39 is 11.2 Å². The Labute approximate surface area is 123 Å². The maximum atomic E-state index is 14.1. The predicted molar refractivity (Wildman–Crippen MR) is 78.4 cm³/mol. The molecular weight excluding hydrogens is 291 g/mol. The standard InChI is InChI=1S/C16H9FO3S/c17-13-6-12-14(20-9-10(8-18)16(12)19)7-15(13)21-11-4-2-1-3-5-11/h1-9H. The Hall–Kier alpha value is -2.40. The lowest BCUT2D eigenvalue weighted by atomic mass is 10.2. The van der Waals surface area contributed by atoms with Gasteiger partial charge in [-0.25, -0.2) is 4.39 Å². The Morgan fingerprint density at radius 1 is 1.14 bits per heavy atom. The molecule has 0 radical (unpaired) electrons. The first kappa shape index (κ1) is 13.6. The summed E-state index contributed by atoms with van der Waals surface area (Å²) in [5.41, 5.74) is -0.391. The summed E-state index contributed by atoms with van der Waals surface area (Å²) in [6.45, 7) is 0. The monoisotopic (exact) mass is 300 g/mol. The van der Waals surface area contributed by atoms with Gasteiger partial charge in [-0.1, -0.05) is 30.0 Å². The normalized spacial score (nSPS) is 10.7. The molecule has 3 rings (SSSR count). The van der Waals surface area contributed by atoms with Gasteiger partial charge >= 0.3 is 0 Å². The molecule has 0 spiro atoms. The van der Waals surface area contributed by atoms with Crippen molar-refractivity contribution >= 4 is 29.0 Å². The van der Waals surface area contributed by atoms with Crippen LogP contribution in [0.4, 0.5) is 4.39 Å². The predicted octanol–water partition coefficient (Wildman–Crippen LogP) is 3.90. The molecule has 0 N–H and O–H groups in total. The van der Waals surface area contributed by atoms with E-state index >= 15 is 0 Å². The molecule has 0 aliphatic rings. The molecule has 104 valence electrons. The molecule has 0 saturated heterocycles. The van der Waals surface area contributed by atoms with Crippen LogP contribution >= 0.6 is 11.8 Å². The van der Waals surface area contributed by atoms with Crippen molar-refractivity contribution in [1.29, 1.82) is 0 Å². The number of benzene rings is 2. The fraction of sp³-hybridized carbons (Fsp3) is 0. The summed E-state index contributed by atoms with van der Waals surface area (Å²) in [6.07, 6.45) is 1.49. The van der Waals surface area contributed by atoms with E-state index in [0.717, 1.165) is 17.2 Å². The van der Waals surface area contributed by atoms with Crippen LogP contribution in [0.2, 0.25) is 0 Å². The minimum atomic E-state index is -0.526. The molecule has 1 heterocycles. The van der Waals surface area contributed by atoms with Crippen LogP contribution in [0, 0.1) is 5.82 Å². The quantitative estimate of drug-likeness (QED) is 0.688. The highest BCUT2D eigenvalue weighted by Gasteiger charge is 2.12. The van der Waals surface area contributed by atoms with E-state index in [4.69, 9.17) is 4.42 Å². The Kier molecular flexibility index (Phi) is 3.58. The Morgan fingerprint density at radius 2 is 1.90 bits per heavy atom. The molecule has 1 aromatic heterocycles. The molecule has 0 unspecified atom stereocenters. The van der Waals surface area contributed by atoms with Gasteiger partial charge in [-0.3, -0.25) is 9.59 Å². The van der Waals surface area contributed by atoms with Crippen LogP contribution in [0.15, 0.2) is 67.7 Å². The zero-order chi connectivity index (χ0) is 14.8. The first-order valence-electron chi connectivity index (χ1n) is 6.12. The van der Waals surface area contributed by atoms with E-state index in [1.807, 2.05) is 30.3 Å². The first-order valence-corrected chi connectivity index (χ1v) is 6.94. The van der Waals surface area contributed by atoms with Crippen molar-refractivity contribution < 1.29 is 13.6 Å². The largest absolute Gasteiger partial charge is 0.463 e. The summed E-state index contributed by atoms with van der Waals surface area (Å²) < 4.78 is 19.4. The summed E-state index contributed by atoms with van der Waals surface area (Å²) in [5, 5.41) is 0.0644. The van der Waals surface area contributed by atoms with Gasteiger partial charge in [0.25, 0.3) is 0 Å². The van der Waals surface area contributed by atoms with E-state index in [0.29, 0.717) is 11.2 Å². The number of carbonyl (C=O) groups excluding carboxylic acids is 1.